The van der Waals surface area contributed by atoms with Crippen LogP contribution in [0.3, 0.4) is 0 Å². The normalized spacial score (nSPS) is 14.6. The van der Waals surface area contributed by atoms with Crippen molar-refractivity contribution in [2.75, 3.05) is 6.54 Å². The van der Waals surface area contributed by atoms with Crippen LogP contribution in [0.1, 0.15) is 53.1 Å². The van der Waals surface area contributed by atoms with E-state index in [4.69, 9.17) is 4.52 Å². The molecule has 1 fully saturated rings. The second kappa shape index (κ2) is 8.42. The quantitative estimate of drug-likeness (QED) is 0.553. The van der Waals surface area contributed by atoms with E-state index in [-0.39, 0.29) is 5.91 Å². The summed E-state index contributed by atoms with van der Waals surface area (Å²) in [5.74, 6) is 1.21. The molecule has 1 aliphatic rings. The Balaban J connectivity index is 1.45. The van der Waals surface area contributed by atoms with Gasteiger partial charge in [-0.3, -0.25) is 4.79 Å². The van der Waals surface area contributed by atoms with E-state index < -0.39 is 0 Å². The predicted octanol–water partition coefficient (Wildman–Crippen LogP) is 5.07. The van der Waals surface area contributed by atoms with Crippen LogP contribution in [0, 0.1) is 5.92 Å². The van der Waals surface area contributed by atoms with Crippen molar-refractivity contribution in [1.82, 2.24) is 10.1 Å². The number of hydrogen-bond donors (Lipinski definition) is 0. The highest BCUT2D eigenvalue weighted by Crippen LogP contribution is 2.31. The summed E-state index contributed by atoms with van der Waals surface area (Å²) in [6.45, 7) is 3.55. The van der Waals surface area contributed by atoms with Crippen molar-refractivity contribution in [1.29, 1.82) is 0 Å². The summed E-state index contributed by atoms with van der Waals surface area (Å²) in [6, 6.07) is 22.3. The number of rotatable bonds is 8. The fourth-order valence-electron chi connectivity index (χ4n) is 3.51. The number of benzene rings is 2. The molecule has 0 saturated heterocycles. The molecule has 0 radical (unpaired) electrons. The molecule has 0 unspecified atom stereocenters. The Morgan fingerprint density at radius 1 is 1.11 bits per heavy atom. The van der Waals surface area contributed by atoms with Gasteiger partial charge in [0.15, 0.2) is 0 Å². The van der Waals surface area contributed by atoms with Crippen molar-refractivity contribution in [3.8, 4) is 0 Å². The number of hydrogen-bond acceptors (Lipinski definition) is 3. The summed E-state index contributed by atoms with van der Waals surface area (Å²) in [5, 5.41) is 4.16. The first-order valence-corrected chi connectivity index (χ1v) is 10.0. The van der Waals surface area contributed by atoms with Gasteiger partial charge in [-0.05, 0) is 42.2 Å². The van der Waals surface area contributed by atoms with Gasteiger partial charge in [0, 0.05) is 19.2 Å². The number of amides is 1. The zero-order chi connectivity index (χ0) is 19.3. The van der Waals surface area contributed by atoms with Crippen LogP contribution >= 0.6 is 0 Å². The van der Waals surface area contributed by atoms with Crippen molar-refractivity contribution in [3.63, 3.8) is 0 Å². The van der Waals surface area contributed by atoms with Gasteiger partial charge < -0.3 is 9.42 Å². The first kappa shape index (κ1) is 18.5. The van der Waals surface area contributed by atoms with Gasteiger partial charge in [0.1, 0.15) is 0 Å². The van der Waals surface area contributed by atoms with Gasteiger partial charge in [-0.2, -0.15) is 0 Å². The maximum Gasteiger partial charge on any atom is 0.292 e. The third-order valence-corrected chi connectivity index (χ3v) is 5.33. The SMILES string of the molecule is C[C@@H](Cc1cc(C(=O)N(Cc2ccccc2)CC2CC2)on1)c1ccccc1. The van der Waals surface area contributed by atoms with Gasteiger partial charge >= 0.3 is 0 Å². The van der Waals surface area contributed by atoms with Gasteiger partial charge in [-0.25, -0.2) is 0 Å². The van der Waals surface area contributed by atoms with Crippen LogP contribution in [0.2, 0.25) is 0 Å². The molecular formula is C24H26N2O2. The van der Waals surface area contributed by atoms with E-state index in [1.54, 1.807) is 0 Å². The number of aromatic nitrogens is 1. The molecule has 4 rings (SSSR count). The molecule has 2 aromatic carbocycles. The van der Waals surface area contributed by atoms with E-state index >= 15 is 0 Å². The summed E-state index contributed by atoms with van der Waals surface area (Å²) in [4.78, 5) is 15.0. The van der Waals surface area contributed by atoms with Crippen LogP contribution in [0.5, 0.6) is 0 Å². The fourth-order valence-corrected chi connectivity index (χ4v) is 3.51. The van der Waals surface area contributed by atoms with Crippen molar-refractivity contribution >= 4 is 5.91 Å². The van der Waals surface area contributed by atoms with Crippen molar-refractivity contribution in [2.24, 2.45) is 5.92 Å². The maximum absolute atomic E-state index is 13.1. The highest BCUT2D eigenvalue weighted by molar-refractivity contribution is 5.91. The lowest BCUT2D eigenvalue weighted by Gasteiger charge is -2.21. The average Bonchev–Trinajstić information content (AvgIpc) is 3.43. The van der Waals surface area contributed by atoms with Crippen LogP contribution in [0.15, 0.2) is 71.3 Å². The highest BCUT2D eigenvalue weighted by Gasteiger charge is 2.29. The number of carbonyl (C=O) groups excluding carboxylic acids is 1. The van der Waals surface area contributed by atoms with E-state index in [1.165, 1.54) is 18.4 Å². The summed E-state index contributed by atoms with van der Waals surface area (Å²) in [5.41, 5.74) is 3.22. The standard InChI is InChI=1S/C24H26N2O2/c1-18(21-10-6-3-7-11-21)14-22-15-23(28-25-22)24(27)26(17-20-12-13-20)16-19-8-4-2-5-9-19/h2-11,15,18,20H,12-14,16-17H2,1H3/t18-/m0/s1. The zero-order valence-corrected chi connectivity index (χ0v) is 16.3. The molecule has 0 bridgehead atoms. The van der Waals surface area contributed by atoms with Crippen molar-refractivity contribution in [3.05, 3.63) is 89.3 Å². The van der Waals surface area contributed by atoms with E-state index in [0.717, 1.165) is 24.2 Å². The molecule has 144 valence electrons. The topological polar surface area (TPSA) is 46.3 Å². The summed E-state index contributed by atoms with van der Waals surface area (Å²) in [7, 11) is 0. The molecule has 1 aromatic heterocycles. The molecule has 0 N–H and O–H groups in total. The molecule has 28 heavy (non-hydrogen) atoms. The first-order chi connectivity index (χ1) is 13.7. The van der Waals surface area contributed by atoms with Crippen LogP contribution < -0.4 is 0 Å². The molecule has 1 atom stereocenters. The van der Waals surface area contributed by atoms with E-state index in [1.807, 2.05) is 47.4 Å². The minimum absolute atomic E-state index is 0.0677. The van der Waals surface area contributed by atoms with Gasteiger partial charge in [0.25, 0.3) is 5.91 Å². The summed E-state index contributed by atoms with van der Waals surface area (Å²) < 4.78 is 5.44. The molecule has 1 saturated carbocycles. The molecule has 1 amide bonds. The smallest absolute Gasteiger partial charge is 0.292 e. The Bertz CT molecular complexity index is 901. The Hall–Kier alpha value is -2.88. The molecule has 0 spiro atoms. The lowest BCUT2D eigenvalue weighted by Crippen LogP contribution is -2.32. The highest BCUT2D eigenvalue weighted by atomic mass is 16.5. The van der Waals surface area contributed by atoms with Gasteiger partial charge in [0.2, 0.25) is 5.76 Å². The minimum Gasteiger partial charge on any atom is -0.351 e. The van der Waals surface area contributed by atoms with Crippen LogP contribution in [0.4, 0.5) is 0 Å². The average molecular weight is 374 g/mol. The van der Waals surface area contributed by atoms with Crippen LogP contribution in [0.25, 0.3) is 0 Å². The maximum atomic E-state index is 13.1. The monoisotopic (exact) mass is 374 g/mol. The zero-order valence-electron chi connectivity index (χ0n) is 16.3. The van der Waals surface area contributed by atoms with Gasteiger partial charge in [0.05, 0.1) is 5.69 Å². The third-order valence-electron chi connectivity index (χ3n) is 5.33. The second-order valence-corrected chi connectivity index (χ2v) is 7.81. The van der Waals surface area contributed by atoms with E-state index in [2.05, 4.69) is 36.3 Å². The largest absolute Gasteiger partial charge is 0.351 e. The molecular weight excluding hydrogens is 348 g/mol. The van der Waals surface area contributed by atoms with Crippen molar-refractivity contribution < 1.29 is 9.32 Å². The van der Waals surface area contributed by atoms with Gasteiger partial charge in [-0.1, -0.05) is 72.7 Å². The Morgan fingerprint density at radius 3 is 2.46 bits per heavy atom. The first-order valence-electron chi connectivity index (χ1n) is 10.0. The lowest BCUT2D eigenvalue weighted by molar-refractivity contribution is 0.0692. The number of nitrogens with zero attached hydrogens (tertiary/aromatic N) is 2. The molecule has 0 aliphatic heterocycles. The van der Waals surface area contributed by atoms with E-state index in [9.17, 15) is 4.79 Å². The molecule has 1 heterocycles. The predicted molar refractivity (Wildman–Crippen MR) is 109 cm³/mol. The van der Waals surface area contributed by atoms with Crippen LogP contribution in [-0.2, 0) is 13.0 Å². The van der Waals surface area contributed by atoms with E-state index in [0.29, 0.717) is 24.1 Å². The minimum atomic E-state index is -0.0677. The van der Waals surface area contributed by atoms with Crippen molar-refractivity contribution in [2.45, 2.75) is 38.6 Å². The molecule has 4 nitrogen and oxygen atoms in total. The molecule has 4 heteroatoms. The second-order valence-electron chi connectivity index (χ2n) is 7.81. The lowest BCUT2D eigenvalue weighted by atomic mass is 9.96. The summed E-state index contributed by atoms with van der Waals surface area (Å²) in [6.07, 6.45) is 3.16. The third kappa shape index (κ3) is 4.69. The van der Waals surface area contributed by atoms with Gasteiger partial charge in [-0.15, -0.1) is 0 Å². The van der Waals surface area contributed by atoms with Crippen LogP contribution in [-0.4, -0.2) is 22.5 Å². The molecule has 1 aliphatic carbocycles. The fraction of sp³-hybridized carbons (Fsp3) is 0.333. The Morgan fingerprint density at radius 2 is 1.79 bits per heavy atom. The Kier molecular flexibility index (Phi) is 5.56. The number of carbonyl (C=O) groups is 1. The Labute approximate surface area is 166 Å². The molecule has 3 aromatic rings. The summed E-state index contributed by atoms with van der Waals surface area (Å²) >= 11 is 0.